The topological polar surface area (TPSA) is 31.0 Å². The molecule has 0 N–H and O–H groups in total. The molecule has 1 rings (SSSR count). The lowest BCUT2D eigenvalue weighted by atomic mass is 9.70. The van der Waals surface area contributed by atoms with Crippen molar-refractivity contribution in [2.45, 2.75) is 84.0 Å². The van der Waals surface area contributed by atoms with Gasteiger partial charge >= 0.3 is 0 Å². The van der Waals surface area contributed by atoms with Crippen LogP contribution in [0.2, 0.25) is 0 Å². The molecular weight excluding hydrogens is 252 g/mol. The Morgan fingerprint density at radius 2 is 1.55 bits per heavy atom. The predicted molar refractivity (Wildman–Crippen MR) is 82.9 cm³/mol. The lowest BCUT2D eigenvalue weighted by Crippen LogP contribution is -2.52. The fraction of sp³-hybridized carbons (Fsp3) is 1.00. The average Bonchev–Trinajstić information content (AvgIpc) is 3.31. The summed E-state index contributed by atoms with van der Waals surface area (Å²) < 4.78 is 17.1. The molecule has 1 saturated heterocycles. The maximum absolute atomic E-state index is 5.74. The van der Waals surface area contributed by atoms with Gasteiger partial charge in [0, 0.05) is 14.2 Å². The van der Waals surface area contributed by atoms with Crippen molar-refractivity contribution in [1.29, 1.82) is 0 Å². The molecule has 1 aliphatic rings. The zero-order chi connectivity index (χ0) is 15.1. The number of unbranched alkanes of at least 4 members (excludes halogenated alkanes) is 5. The molecule has 0 amide bonds. The zero-order valence-electron chi connectivity index (χ0n) is 14.2. The molecule has 2 unspecified atom stereocenters. The second kappa shape index (κ2) is 8.35. The first-order chi connectivity index (χ1) is 9.60. The average molecular weight is 286 g/mol. The molecule has 0 bridgehead atoms. The first kappa shape index (κ1) is 17.9. The van der Waals surface area contributed by atoms with E-state index in [1.807, 2.05) is 0 Å². The van der Waals surface area contributed by atoms with E-state index in [4.69, 9.17) is 14.2 Å². The van der Waals surface area contributed by atoms with Gasteiger partial charge in [0.25, 0.3) is 0 Å². The first-order valence-electron chi connectivity index (χ1n) is 8.32. The van der Waals surface area contributed by atoms with Crippen molar-refractivity contribution in [3.63, 3.8) is 0 Å². The Morgan fingerprint density at radius 3 is 2.00 bits per heavy atom. The highest BCUT2D eigenvalue weighted by Crippen LogP contribution is 2.50. The van der Waals surface area contributed by atoms with Gasteiger partial charge in [0.15, 0.2) is 5.79 Å². The fourth-order valence-corrected chi connectivity index (χ4v) is 3.48. The summed E-state index contributed by atoms with van der Waals surface area (Å²) in [7, 11) is 3.50. The molecule has 3 nitrogen and oxygen atoms in total. The number of rotatable bonds is 12. The van der Waals surface area contributed by atoms with Crippen LogP contribution < -0.4 is 0 Å². The van der Waals surface area contributed by atoms with Crippen LogP contribution in [0.15, 0.2) is 0 Å². The van der Waals surface area contributed by atoms with Crippen molar-refractivity contribution >= 4 is 0 Å². The molecule has 3 heteroatoms. The third-order valence-electron chi connectivity index (χ3n) is 5.24. The summed E-state index contributed by atoms with van der Waals surface area (Å²) in [6.45, 7) is 7.41. The van der Waals surface area contributed by atoms with Gasteiger partial charge < -0.3 is 14.2 Å². The van der Waals surface area contributed by atoms with E-state index in [9.17, 15) is 0 Å². The predicted octanol–water partition coefficient (Wildman–Crippen LogP) is 4.54. The third-order valence-corrected chi connectivity index (χ3v) is 5.24. The molecular formula is C17H34O3. The van der Waals surface area contributed by atoms with E-state index in [1.54, 1.807) is 14.2 Å². The van der Waals surface area contributed by atoms with Crippen LogP contribution in [0.4, 0.5) is 0 Å². The van der Waals surface area contributed by atoms with Crippen LogP contribution in [0.1, 0.15) is 72.1 Å². The fourth-order valence-electron chi connectivity index (χ4n) is 3.48. The van der Waals surface area contributed by atoms with Crippen LogP contribution in [0.25, 0.3) is 0 Å². The van der Waals surface area contributed by atoms with Crippen molar-refractivity contribution in [2.24, 2.45) is 5.41 Å². The number of hydrogen-bond donors (Lipinski definition) is 0. The molecule has 0 aromatic rings. The van der Waals surface area contributed by atoms with E-state index in [2.05, 4.69) is 20.8 Å². The minimum atomic E-state index is -0.549. The quantitative estimate of drug-likeness (QED) is 0.300. The van der Waals surface area contributed by atoms with Gasteiger partial charge in [-0.15, -0.1) is 0 Å². The third kappa shape index (κ3) is 3.96. The summed E-state index contributed by atoms with van der Waals surface area (Å²) >= 11 is 0. The molecule has 120 valence electrons. The molecule has 0 aromatic carbocycles. The molecule has 1 fully saturated rings. The van der Waals surface area contributed by atoms with Gasteiger partial charge in [0.1, 0.15) is 0 Å². The summed E-state index contributed by atoms with van der Waals surface area (Å²) in [4.78, 5) is 0. The summed E-state index contributed by atoms with van der Waals surface area (Å²) in [6, 6.07) is 0. The Labute approximate surface area is 125 Å². The Kier molecular flexibility index (Phi) is 7.49. The molecule has 0 saturated carbocycles. The maximum Gasteiger partial charge on any atom is 0.172 e. The van der Waals surface area contributed by atoms with Crippen molar-refractivity contribution in [1.82, 2.24) is 0 Å². The van der Waals surface area contributed by atoms with Gasteiger partial charge in [-0.2, -0.15) is 0 Å². The SMILES string of the molecule is CCCCCCCCC(CC)(C1CO1)C(C)(OC)OC. The van der Waals surface area contributed by atoms with Gasteiger partial charge in [0.05, 0.1) is 18.1 Å². The monoisotopic (exact) mass is 286 g/mol. The Hall–Kier alpha value is -0.120. The van der Waals surface area contributed by atoms with Crippen LogP contribution >= 0.6 is 0 Å². The lowest BCUT2D eigenvalue weighted by Gasteiger charge is -2.45. The van der Waals surface area contributed by atoms with Crippen LogP contribution in [0.3, 0.4) is 0 Å². The number of ether oxygens (including phenoxy) is 3. The van der Waals surface area contributed by atoms with Gasteiger partial charge in [-0.05, 0) is 19.8 Å². The molecule has 0 aliphatic carbocycles. The molecule has 20 heavy (non-hydrogen) atoms. The van der Waals surface area contributed by atoms with Crippen molar-refractivity contribution < 1.29 is 14.2 Å². The molecule has 0 radical (unpaired) electrons. The lowest BCUT2D eigenvalue weighted by molar-refractivity contribution is -0.273. The Bertz CT molecular complexity index is 259. The van der Waals surface area contributed by atoms with E-state index in [0.29, 0.717) is 6.10 Å². The Morgan fingerprint density at radius 1 is 1.00 bits per heavy atom. The van der Waals surface area contributed by atoms with Crippen LogP contribution in [0, 0.1) is 5.41 Å². The largest absolute Gasteiger partial charge is 0.372 e. The minimum absolute atomic E-state index is 0.0126. The van der Waals surface area contributed by atoms with Crippen LogP contribution in [0.5, 0.6) is 0 Å². The van der Waals surface area contributed by atoms with Crippen LogP contribution in [-0.2, 0) is 14.2 Å². The van der Waals surface area contributed by atoms with Gasteiger partial charge in [-0.3, -0.25) is 0 Å². The Balaban J connectivity index is 2.56. The highest BCUT2D eigenvalue weighted by Gasteiger charge is 2.57. The number of epoxide rings is 1. The standard InChI is InChI=1S/C17H34O3/c1-6-8-9-10-11-12-13-17(7-2,15-14-20-15)16(3,18-4)19-5/h15H,6-14H2,1-5H3. The smallest absolute Gasteiger partial charge is 0.172 e. The van der Waals surface area contributed by atoms with E-state index >= 15 is 0 Å². The highest BCUT2D eigenvalue weighted by atomic mass is 16.7. The minimum Gasteiger partial charge on any atom is -0.372 e. The second-order valence-electron chi connectivity index (χ2n) is 6.20. The second-order valence-corrected chi connectivity index (χ2v) is 6.20. The maximum atomic E-state index is 5.74. The van der Waals surface area contributed by atoms with Crippen molar-refractivity contribution in [3.05, 3.63) is 0 Å². The normalized spacial score (nSPS) is 21.8. The van der Waals surface area contributed by atoms with E-state index in [0.717, 1.165) is 19.4 Å². The van der Waals surface area contributed by atoms with E-state index in [1.165, 1.54) is 38.5 Å². The summed E-state index contributed by atoms with van der Waals surface area (Å²) in [5.74, 6) is -0.549. The van der Waals surface area contributed by atoms with Gasteiger partial charge in [0.2, 0.25) is 0 Å². The molecule has 1 heterocycles. The van der Waals surface area contributed by atoms with Crippen molar-refractivity contribution in [3.8, 4) is 0 Å². The highest BCUT2D eigenvalue weighted by molar-refractivity contribution is 5.01. The van der Waals surface area contributed by atoms with Gasteiger partial charge in [-0.25, -0.2) is 0 Å². The van der Waals surface area contributed by atoms with Crippen molar-refractivity contribution in [2.75, 3.05) is 20.8 Å². The van der Waals surface area contributed by atoms with Crippen LogP contribution in [-0.4, -0.2) is 32.7 Å². The summed E-state index contributed by atoms with van der Waals surface area (Å²) in [6.07, 6.45) is 10.4. The molecule has 0 spiro atoms. The molecule has 1 aliphatic heterocycles. The molecule has 0 aromatic heterocycles. The van der Waals surface area contributed by atoms with E-state index in [-0.39, 0.29) is 5.41 Å². The summed E-state index contributed by atoms with van der Waals surface area (Å²) in [5.41, 5.74) is -0.0126. The number of hydrogen-bond acceptors (Lipinski definition) is 3. The summed E-state index contributed by atoms with van der Waals surface area (Å²) in [5, 5.41) is 0. The number of methoxy groups -OCH3 is 2. The molecule has 2 atom stereocenters. The van der Waals surface area contributed by atoms with Gasteiger partial charge in [-0.1, -0.05) is 52.4 Å². The van der Waals surface area contributed by atoms with E-state index < -0.39 is 5.79 Å². The first-order valence-corrected chi connectivity index (χ1v) is 8.32. The zero-order valence-corrected chi connectivity index (χ0v) is 14.2.